The zero-order valence-corrected chi connectivity index (χ0v) is 8.88. The molecule has 0 fully saturated rings. The summed E-state index contributed by atoms with van der Waals surface area (Å²) >= 11 is 8.49. The van der Waals surface area contributed by atoms with Crippen LogP contribution in [0, 0.1) is 0 Å². The zero-order chi connectivity index (χ0) is 9.68. The van der Waals surface area contributed by atoms with Crippen molar-refractivity contribution in [2.24, 2.45) is 0 Å². The topological polar surface area (TPSA) is 64.7 Å². The summed E-state index contributed by atoms with van der Waals surface area (Å²) in [5, 5.41) is 0.235. The van der Waals surface area contributed by atoms with Gasteiger partial charge in [0.2, 0.25) is 5.95 Å². The Bertz CT molecular complexity index is 268. The average molecular weight is 216 g/mol. The molecule has 0 aromatic carbocycles. The van der Waals surface area contributed by atoms with Crippen LogP contribution in [-0.4, -0.2) is 26.0 Å². The smallest absolute Gasteiger partial charge is 0.223 e. The van der Waals surface area contributed by atoms with Crippen LogP contribution in [0.1, 0.15) is 12.2 Å². The number of aromatic nitrogens is 3. The van der Waals surface area contributed by atoms with Crippen molar-refractivity contribution in [2.45, 2.75) is 18.1 Å². The SMILES string of the molecule is Nc1ncnc(CC(S)CCS)n1. The maximum Gasteiger partial charge on any atom is 0.223 e. The van der Waals surface area contributed by atoms with Crippen LogP contribution in [0.25, 0.3) is 0 Å². The van der Waals surface area contributed by atoms with E-state index in [4.69, 9.17) is 5.73 Å². The molecule has 0 aliphatic rings. The first-order valence-corrected chi connectivity index (χ1v) is 5.09. The van der Waals surface area contributed by atoms with Crippen LogP contribution in [0.4, 0.5) is 5.95 Å². The van der Waals surface area contributed by atoms with E-state index in [0.717, 1.165) is 12.2 Å². The highest BCUT2D eigenvalue weighted by molar-refractivity contribution is 7.81. The molecule has 13 heavy (non-hydrogen) atoms. The lowest BCUT2D eigenvalue weighted by molar-refractivity contribution is 0.774. The largest absolute Gasteiger partial charge is 0.368 e. The molecule has 0 aliphatic heterocycles. The van der Waals surface area contributed by atoms with Gasteiger partial charge in [-0.1, -0.05) is 0 Å². The molecule has 1 heterocycles. The van der Waals surface area contributed by atoms with E-state index in [1.165, 1.54) is 6.33 Å². The molecule has 1 unspecified atom stereocenters. The number of hydrogen-bond acceptors (Lipinski definition) is 6. The van der Waals surface area contributed by atoms with Crippen molar-refractivity contribution in [3.8, 4) is 0 Å². The number of nitrogen functional groups attached to an aromatic ring is 1. The number of anilines is 1. The summed E-state index contributed by atoms with van der Waals surface area (Å²) in [7, 11) is 0. The predicted molar refractivity (Wildman–Crippen MR) is 59.2 cm³/mol. The maximum atomic E-state index is 5.41. The first kappa shape index (κ1) is 10.6. The summed E-state index contributed by atoms with van der Waals surface area (Å²) in [5.41, 5.74) is 5.41. The van der Waals surface area contributed by atoms with Gasteiger partial charge in [-0.3, -0.25) is 0 Å². The first-order valence-electron chi connectivity index (χ1n) is 3.94. The van der Waals surface area contributed by atoms with Crippen LogP contribution in [0.2, 0.25) is 0 Å². The molecule has 1 aromatic rings. The Balaban J connectivity index is 2.53. The molecular weight excluding hydrogens is 204 g/mol. The van der Waals surface area contributed by atoms with E-state index in [0.29, 0.717) is 12.2 Å². The van der Waals surface area contributed by atoms with E-state index in [2.05, 4.69) is 40.2 Å². The first-order chi connectivity index (χ1) is 6.22. The molecule has 0 radical (unpaired) electrons. The van der Waals surface area contributed by atoms with Gasteiger partial charge in [-0.2, -0.15) is 30.2 Å². The highest BCUT2D eigenvalue weighted by Crippen LogP contribution is 2.08. The van der Waals surface area contributed by atoms with Gasteiger partial charge in [0.1, 0.15) is 12.2 Å². The normalized spacial score (nSPS) is 12.8. The quantitative estimate of drug-likeness (QED) is 0.645. The Hall–Kier alpha value is -0.490. The van der Waals surface area contributed by atoms with Crippen molar-refractivity contribution in [3.63, 3.8) is 0 Å². The summed E-state index contributed by atoms with van der Waals surface area (Å²) in [4.78, 5) is 11.7. The van der Waals surface area contributed by atoms with Crippen LogP contribution in [0.5, 0.6) is 0 Å². The van der Waals surface area contributed by atoms with Crippen molar-refractivity contribution in [2.75, 3.05) is 11.5 Å². The highest BCUT2D eigenvalue weighted by Gasteiger charge is 2.06. The van der Waals surface area contributed by atoms with Crippen LogP contribution in [0.3, 0.4) is 0 Å². The molecule has 0 aliphatic carbocycles. The van der Waals surface area contributed by atoms with Gasteiger partial charge in [-0.15, -0.1) is 0 Å². The van der Waals surface area contributed by atoms with Crippen molar-refractivity contribution in [1.29, 1.82) is 0 Å². The van der Waals surface area contributed by atoms with Gasteiger partial charge in [0.25, 0.3) is 0 Å². The molecule has 6 heteroatoms. The third kappa shape index (κ3) is 3.82. The second-order valence-electron chi connectivity index (χ2n) is 2.63. The Morgan fingerprint density at radius 3 is 2.85 bits per heavy atom. The molecule has 2 N–H and O–H groups in total. The number of nitrogens with two attached hydrogens (primary N) is 1. The van der Waals surface area contributed by atoms with Crippen molar-refractivity contribution in [1.82, 2.24) is 15.0 Å². The van der Waals surface area contributed by atoms with Gasteiger partial charge in [0.05, 0.1) is 0 Å². The lowest BCUT2D eigenvalue weighted by Gasteiger charge is -2.06. The Morgan fingerprint density at radius 1 is 1.46 bits per heavy atom. The molecule has 1 atom stereocenters. The fourth-order valence-corrected chi connectivity index (χ4v) is 1.71. The summed E-state index contributed by atoms with van der Waals surface area (Å²) < 4.78 is 0. The third-order valence-electron chi connectivity index (χ3n) is 1.52. The van der Waals surface area contributed by atoms with Crippen molar-refractivity contribution >= 4 is 31.2 Å². The van der Waals surface area contributed by atoms with Crippen LogP contribution in [0.15, 0.2) is 6.33 Å². The minimum atomic E-state index is 0.235. The molecular formula is C7H12N4S2. The Labute approximate surface area is 88.2 Å². The Morgan fingerprint density at radius 2 is 2.23 bits per heavy atom. The second-order valence-corrected chi connectivity index (χ2v) is 3.81. The molecule has 72 valence electrons. The molecule has 1 rings (SSSR count). The molecule has 0 saturated heterocycles. The van der Waals surface area contributed by atoms with Gasteiger partial charge in [0, 0.05) is 11.7 Å². The number of rotatable bonds is 4. The lowest BCUT2D eigenvalue weighted by atomic mass is 10.2. The van der Waals surface area contributed by atoms with Crippen LogP contribution >= 0.6 is 25.3 Å². The fourth-order valence-electron chi connectivity index (χ4n) is 0.905. The molecule has 0 amide bonds. The minimum absolute atomic E-state index is 0.235. The van der Waals surface area contributed by atoms with Crippen LogP contribution < -0.4 is 5.73 Å². The maximum absolute atomic E-state index is 5.41. The molecule has 1 aromatic heterocycles. The summed E-state index contributed by atoms with van der Waals surface area (Å²) in [6.45, 7) is 0. The zero-order valence-electron chi connectivity index (χ0n) is 7.09. The van der Waals surface area contributed by atoms with E-state index in [1.807, 2.05) is 0 Å². The summed E-state index contributed by atoms with van der Waals surface area (Å²) in [6, 6.07) is 0. The van der Waals surface area contributed by atoms with Crippen molar-refractivity contribution < 1.29 is 0 Å². The average Bonchev–Trinajstić information content (AvgIpc) is 2.04. The summed E-state index contributed by atoms with van der Waals surface area (Å²) in [6.07, 6.45) is 3.05. The Kier molecular flexibility index (Phi) is 4.31. The van der Waals surface area contributed by atoms with E-state index in [1.54, 1.807) is 0 Å². The fraction of sp³-hybridized carbons (Fsp3) is 0.571. The van der Waals surface area contributed by atoms with E-state index >= 15 is 0 Å². The number of hydrogen-bond donors (Lipinski definition) is 3. The second kappa shape index (κ2) is 5.29. The van der Waals surface area contributed by atoms with Crippen molar-refractivity contribution in [3.05, 3.63) is 12.2 Å². The minimum Gasteiger partial charge on any atom is -0.368 e. The van der Waals surface area contributed by atoms with Gasteiger partial charge < -0.3 is 5.73 Å². The summed E-state index contributed by atoms with van der Waals surface area (Å²) in [5.74, 6) is 1.76. The standard InChI is InChI=1S/C7H12N4S2/c8-7-10-4-9-6(11-7)3-5(13)1-2-12/h4-5,12-13H,1-3H2,(H2,8,9,10,11). The lowest BCUT2D eigenvalue weighted by Crippen LogP contribution is -2.09. The molecule has 0 spiro atoms. The van der Waals surface area contributed by atoms with Gasteiger partial charge in [0.15, 0.2) is 0 Å². The number of thiol groups is 2. The van der Waals surface area contributed by atoms with Crippen LogP contribution in [-0.2, 0) is 6.42 Å². The van der Waals surface area contributed by atoms with E-state index in [-0.39, 0.29) is 11.2 Å². The number of nitrogens with zero attached hydrogens (tertiary/aromatic N) is 3. The van der Waals surface area contributed by atoms with E-state index in [9.17, 15) is 0 Å². The molecule has 0 saturated carbocycles. The van der Waals surface area contributed by atoms with Gasteiger partial charge in [-0.05, 0) is 12.2 Å². The molecule has 4 nitrogen and oxygen atoms in total. The predicted octanol–water partition coefficient (Wildman–Crippen LogP) is 0.615. The third-order valence-corrected chi connectivity index (χ3v) is 2.22. The van der Waals surface area contributed by atoms with Gasteiger partial charge in [-0.25, -0.2) is 9.97 Å². The monoisotopic (exact) mass is 216 g/mol. The highest BCUT2D eigenvalue weighted by atomic mass is 32.1. The molecule has 0 bridgehead atoms. The van der Waals surface area contributed by atoms with Gasteiger partial charge >= 0.3 is 0 Å². The van der Waals surface area contributed by atoms with E-state index < -0.39 is 0 Å².